The Morgan fingerprint density at radius 2 is 1.76 bits per heavy atom. The van der Waals surface area contributed by atoms with Crippen molar-refractivity contribution in [2.75, 3.05) is 0 Å². The molecule has 0 saturated heterocycles. The number of hydrogen-bond donors (Lipinski definition) is 1. The number of rotatable bonds is 4. The lowest BCUT2D eigenvalue weighted by atomic mass is 10.2. The third-order valence-corrected chi connectivity index (χ3v) is 4.94. The van der Waals surface area contributed by atoms with Crippen molar-refractivity contribution in [3.8, 4) is 0 Å². The molecule has 0 aromatic heterocycles. The van der Waals surface area contributed by atoms with Gasteiger partial charge in [-0.05, 0) is 35.9 Å². The maximum atomic E-state index is 13.3. The zero-order valence-electron chi connectivity index (χ0n) is 10.6. The molecule has 21 heavy (non-hydrogen) atoms. The predicted molar refractivity (Wildman–Crippen MR) is 75.7 cm³/mol. The fourth-order valence-electron chi connectivity index (χ4n) is 1.75. The summed E-state index contributed by atoms with van der Waals surface area (Å²) in [5.41, 5.74) is 0.136. The van der Waals surface area contributed by atoms with Gasteiger partial charge in [0.1, 0.15) is 5.82 Å². The highest BCUT2D eigenvalue weighted by Gasteiger charge is 2.18. The lowest BCUT2D eigenvalue weighted by molar-refractivity contribution is 0.0696. The number of aromatic carboxylic acids is 1. The van der Waals surface area contributed by atoms with Gasteiger partial charge < -0.3 is 5.11 Å². The number of carboxylic acid groups (broad SMARTS) is 1. The highest BCUT2D eigenvalue weighted by Crippen LogP contribution is 2.24. The second-order valence-corrected chi connectivity index (χ2v) is 6.67. The summed E-state index contributed by atoms with van der Waals surface area (Å²) in [6.45, 7) is 0. The molecule has 0 aliphatic heterocycles. The van der Waals surface area contributed by atoms with Crippen LogP contribution in [0.5, 0.6) is 0 Å². The Hall–Kier alpha value is -1.92. The Labute approximate surface area is 125 Å². The van der Waals surface area contributed by atoms with Crippen molar-refractivity contribution in [1.29, 1.82) is 0 Å². The van der Waals surface area contributed by atoms with Gasteiger partial charge in [0, 0.05) is 0 Å². The van der Waals surface area contributed by atoms with Crippen LogP contribution in [0.2, 0.25) is 5.02 Å². The molecule has 2 aromatic rings. The maximum Gasteiger partial charge on any atom is 0.335 e. The quantitative estimate of drug-likeness (QED) is 0.935. The van der Waals surface area contributed by atoms with E-state index in [4.69, 9.17) is 16.7 Å². The number of benzene rings is 2. The summed E-state index contributed by atoms with van der Waals surface area (Å²) in [7, 11) is -3.74. The Morgan fingerprint density at radius 3 is 2.33 bits per heavy atom. The maximum absolute atomic E-state index is 13.3. The molecule has 0 atom stereocenters. The summed E-state index contributed by atoms with van der Waals surface area (Å²) in [6.07, 6.45) is 0. The minimum absolute atomic E-state index is 0.0160. The molecule has 0 spiro atoms. The second kappa shape index (κ2) is 5.83. The molecule has 0 aliphatic carbocycles. The number of sulfone groups is 1. The van der Waals surface area contributed by atoms with Gasteiger partial charge in [0.05, 0.1) is 21.2 Å². The SMILES string of the molecule is O=C(O)c1ccc(S(=O)(=O)Cc2cccc(F)c2Cl)cc1. The molecule has 0 aliphatic rings. The summed E-state index contributed by atoms with van der Waals surface area (Å²) in [6, 6.07) is 8.73. The summed E-state index contributed by atoms with van der Waals surface area (Å²) in [5.74, 6) is -2.30. The van der Waals surface area contributed by atoms with Crippen molar-refractivity contribution in [2.24, 2.45) is 0 Å². The van der Waals surface area contributed by atoms with Crippen LogP contribution in [0.1, 0.15) is 15.9 Å². The third-order valence-electron chi connectivity index (χ3n) is 2.84. The van der Waals surface area contributed by atoms with Crippen LogP contribution in [0.4, 0.5) is 4.39 Å². The van der Waals surface area contributed by atoms with Gasteiger partial charge in [0.2, 0.25) is 0 Å². The minimum Gasteiger partial charge on any atom is -0.478 e. The first kappa shape index (κ1) is 15.5. The molecule has 0 unspecified atom stereocenters. The van der Waals surface area contributed by atoms with Gasteiger partial charge in [-0.15, -0.1) is 0 Å². The Kier molecular flexibility index (Phi) is 4.29. The van der Waals surface area contributed by atoms with E-state index in [-0.39, 0.29) is 21.0 Å². The van der Waals surface area contributed by atoms with Crippen molar-refractivity contribution >= 4 is 27.4 Å². The largest absolute Gasteiger partial charge is 0.478 e. The second-order valence-electron chi connectivity index (χ2n) is 4.30. The van der Waals surface area contributed by atoms with Gasteiger partial charge in [-0.1, -0.05) is 23.7 Å². The fourth-order valence-corrected chi connectivity index (χ4v) is 3.39. The number of hydrogen-bond acceptors (Lipinski definition) is 3. The van der Waals surface area contributed by atoms with Gasteiger partial charge in [-0.3, -0.25) is 0 Å². The Morgan fingerprint density at radius 1 is 1.14 bits per heavy atom. The van der Waals surface area contributed by atoms with Crippen LogP contribution in [0.25, 0.3) is 0 Å². The van der Waals surface area contributed by atoms with Crippen LogP contribution >= 0.6 is 11.6 Å². The van der Waals surface area contributed by atoms with E-state index in [1.807, 2.05) is 0 Å². The van der Waals surface area contributed by atoms with Gasteiger partial charge in [-0.2, -0.15) is 0 Å². The highest BCUT2D eigenvalue weighted by atomic mass is 35.5. The average molecular weight is 329 g/mol. The van der Waals surface area contributed by atoms with E-state index in [2.05, 4.69) is 0 Å². The summed E-state index contributed by atoms with van der Waals surface area (Å²) in [4.78, 5) is 10.7. The first-order valence-corrected chi connectivity index (χ1v) is 7.83. The number of carbonyl (C=O) groups is 1. The smallest absolute Gasteiger partial charge is 0.335 e. The van der Waals surface area contributed by atoms with Crippen molar-refractivity contribution in [1.82, 2.24) is 0 Å². The number of carboxylic acids is 1. The molecule has 7 heteroatoms. The van der Waals surface area contributed by atoms with Crippen molar-refractivity contribution in [3.05, 3.63) is 64.4 Å². The first-order chi connectivity index (χ1) is 9.81. The monoisotopic (exact) mass is 328 g/mol. The summed E-state index contributed by atoms with van der Waals surface area (Å²) >= 11 is 5.74. The third kappa shape index (κ3) is 3.40. The normalized spacial score (nSPS) is 11.3. The molecule has 0 amide bonds. The summed E-state index contributed by atoms with van der Waals surface area (Å²) < 4.78 is 37.7. The Bertz CT molecular complexity index is 785. The lowest BCUT2D eigenvalue weighted by Gasteiger charge is -2.07. The van der Waals surface area contributed by atoms with E-state index in [9.17, 15) is 17.6 Å². The topological polar surface area (TPSA) is 71.4 Å². The van der Waals surface area contributed by atoms with Gasteiger partial charge in [0.15, 0.2) is 9.84 Å². The van der Waals surface area contributed by atoms with Crippen molar-refractivity contribution in [3.63, 3.8) is 0 Å². The van der Waals surface area contributed by atoms with Crippen molar-refractivity contribution in [2.45, 2.75) is 10.6 Å². The molecule has 0 saturated carbocycles. The Balaban J connectivity index is 2.34. The molecule has 0 fully saturated rings. The van der Waals surface area contributed by atoms with E-state index < -0.39 is 27.4 Å². The van der Waals surface area contributed by atoms with E-state index in [0.29, 0.717) is 0 Å². The zero-order valence-corrected chi connectivity index (χ0v) is 12.2. The molecule has 0 heterocycles. The van der Waals surface area contributed by atoms with E-state index in [1.54, 1.807) is 0 Å². The van der Waals surface area contributed by atoms with Gasteiger partial charge in [-0.25, -0.2) is 17.6 Å². The lowest BCUT2D eigenvalue weighted by Crippen LogP contribution is -2.06. The zero-order chi connectivity index (χ0) is 15.6. The van der Waals surface area contributed by atoms with Crippen LogP contribution in [0, 0.1) is 5.82 Å². The van der Waals surface area contributed by atoms with E-state index in [0.717, 1.165) is 6.07 Å². The van der Waals surface area contributed by atoms with Gasteiger partial charge >= 0.3 is 5.97 Å². The molecule has 0 radical (unpaired) electrons. The molecule has 2 rings (SSSR count). The number of halogens is 2. The van der Waals surface area contributed by atoms with Crippen LogP contribution in [0.3, 0.4) is 0 Å². The van der Waals surface area contributed by atoms with E-state index >= 15 is 0 Å². The molecular weight excluding hydrogens is 319 g/mol. The van der Waals surface area contributed by atoms with Crippen LogP contribution in [0.15, 0.2) is 47.4 Å². The molecular formula is C14H10ClFO4S. The highest BCUT2D eigenvalue weighted by molar-refractivity contribution is 7.90. The van der Waals surface area contributed by atoms with Crippen LogP contribution in [-0.4, -0.2) is 19.5 Å². The molecule has 110 valence electrons. The molecule has 1 N–H and O–H groups in total. The van der Waals surface area contributed by atoms with Crippen LogP contribution in [-0.2, 0) is 15.6 Å². The molecule has 2 aromatic carbocycles. The summed E-state index contributed by atoms with van der Waals surface area (Å²) in [5, 5.41) is 8.54. The molecule has 4 nitrogen and oxygen atoms in total. The fraction of sp³-hybridized carbons (Fsp3) is 0.0714. The molecule has 0 bridgehead atoms. The van der Waals surface area contributed by atoms with Gasteiger partial charge in [0.25, 0.3) is 0 Å². The standard InChI is InChI=1S/C14H10ClFO4S/c15-13-10(2-1-3-12(13)16)8-21(19,20)11-6-4-9(5-7-11)14(17)18/h1-7H,8H2,(H,17,18). The minimum atomic E-state index is -3.74. The van der Waals surface area contributed by atoms with Crippen LogP contribution < -0.4 is 0 Å². The van der Waals surface area contributed by atoms with E-state index in [1.165, 1.54) is 36.4 Å². The predicted octanol–water partition coefficient (Wildman–Crippen LogP) is 3.15. The first-order valence-electron chi connectivity index (χ1n) is 5.80. The van der Waals surface area contributed by atoms with Crippen molar-refractivity contribution < 1.29 is 22.7 Å². The average Bonchev–Trinajstić information content (AvgIpc) is 2.44.